The molecule has 2 atom stereocenters. The van der Waals surface area contributed by atoms with Crippen LogP contribution in [0.4, 0.5) is 29.9 Å². The van der Waals surface area contributed by atoms with Crippen molar-refractivity contribution in [3.05, 3.63) is 47.7 Å². The summed E-state index contributed by atoms with van der Waals surface area (Å²) in [6.45, 7) is 7.37. The van der Waals surface area contributed by atoms with Crippen LogP contribution in [0.5, 0.6) is 0 Å². The summed E-state index contributed by atoms with van der Waals surface area (Å²) >= 11 is 0. The molecule has 12 nitrogen and oxygen atoms in total. The van der Waals surface area contributed by atoms with Crippen molar-refractivity contribution >= 4 is 41.1 Å². The number of quaternary nitrogens is 1. The molecular formula is C28H33F2N4O8+. The van der Waals surface area contributed by atoms with Crippen LogP contribution in [-0.2, 0) is 23.8 Å². The minimum atomic E-state index is -0.983. The largest absolute Gasteiger partial charge is 0.523 e. The van der Waals surface area contributed by atoms with Crippen LogP contribution in [0.15, 0.2) is 35.1 Å². The molecule has 3 heterocycles. The van der Waals surface area contributed by atoms with Gasteiger partial charge in [0.15, 0.2) is 24.3 Å². The van der Waals surface area contributed by atoms with Gasteiger partial charge in [0.2, 0.25) is 0 Å². The maximum Gasteiger partial charge on any atom is 0.523 e. The van der Waals surface area contributed by atoms with E-state index in [4.69, 9.17) is 18.7 Å². The van der Waals surface area contributed by atoms with Crippen LogP contribution in [0.2, 0.25) is 0 Å². The molecule has 0 bridgehead atoms. The number of hydrogen-bond donors (Lipinski definition) is 0. The number of benzene rings is 1. The van der Waals surface area contributed by atoms with Crippen LogP contribution in [0, 0.1) is 11.6 Å². The first-order chi connectivity index (χ1) is 19.7. The lowest BCUT2D eigenvalue weighted by molar-refractivity contribution is -0.157. The second-order valence-corrected chi connectivity index (χ2v) is 11.0. The van der Waals surface area contributed by atoms with Crippen molar-refractivity contribution in [2.24, 2.45) is 0 Å². The molecule has 14 heteroatoms. The standard InChI is InChI=1S/C28H33F2N4O8/c1-17(41-18(2)35)25(36)32-9-6-19(7-10-32)24-21(29)14-20(15-22(24)30)34(11-13-39-27(34)38)16-33(23-8-12-40-31-23)26(37)42-28(3,4)5/h6,8,12,14-15,17H,7,9-11,13,16H2,1-5H3/q+1/t17-,34?/m0/s1. The number of aromatic nitrogens is 1. The summed E-state index contributed by atoms with van der Waals surface area (Å²) in [5.41, 5.74) is -0.905. The van der Waals surface area contributed by atoms with E-state index in [0.29, 0.717) is 5.57 Å². The van der Waals surface area contributed by atoms with Gasteiger partial charge in [-0.1, -0.05) is 11.2 Å². The first-order valence-corrected chi connectivity index (χ1v) is 13.3. The predicted octanol–water partition coefficient (Wildman–Crippen LogP) is 4.38. The molecule has 1 unspecified atom stereocenters. The van der Waals surface area contributed by atoms with Gasteiger partial charge in [-0.15, -0.1) is 0 Å². The van der Waals surface area contributed by atoms with Crippen molar-refractivity contribution in [3.8, 4) is 0 Å². The van der Waals surface area contributed by atoms with Gasteiger partial charge in [-0.25, -0.2) is 18.5 Å². The Balaban J connectivity index is 1.64. The molecule has 1 fully saturated rings. The molecule has 2 aromatic rings. The highest BCUT2D eigenvalue weighted by Crippen LogP contribution is 2.36. The molecule has 1 saturated heterocycles. The number of hydrogen-bond acceptors (Lipinski definition) is 9. The third-order valence-corrected chi connectivity index (χ3v) is 6.80. The van der Waals surface area contributed by atoms with Crippen molar-refractivity contribution in [2.45, 2.75) is 52.7 Å². The number of nitrogens with zero attached hydrogens (tertiary/aromatic N) is 4. The van der Waals surface area contributed by atoms with E-state index in [0.717, 1.165) is 17.0 Å². The van der Waals surface area contributed by atoms with Gasteiger partial charge < -0.3 is 23.6 Å². The van der Waals surface area contributed by atoms with Crippen molar-refractivity contribution in [1.29, 1.82) is 0 Å². The third kappa shape index (κ3) is 6.43. The average molecular weight is 592 g/mol. The van der Waals surface area contributed by atoms with Crippen LogP contribution < -0.4 is 9.38 Å². The highest BCUT2D eigenvalue weighted by atomic mass is 19.1. The zero-order valence-corrected chi connectivity index (χ0v) is 24.0. The molecule has 0 saturated carbocycles. The number of rotatable bonds is 7. The molecule has 2 aliphatic rings. The molecule has 2 aliphatic heterocycles. The van der Waals surface area contributed by atoms with Gasteiger partial charge in [0, 0.05) is 43.8 Å². The third-order valence-electron chi connectivity index (χ3n) is 6.80. The number of carbonyl (C=O) groups excluding carboxylic acids is 4. The van der Waals surface area contributed by atoms with E-state index in [1.54, 1.807) is 20.8 Å². The average Bonchev–Trinajstić information content (AvgIpc) is 3.56. The molecular weight excluding hydrogens is 558 g/mol. The zero-order chi connectivity index (χ0) is 30.8. The molecule has 4 rings (SSSR count). The summed E-state index contributed by atoms with van der Waals surface area (Å²) in [6, 6.07) is 3.48. The SMILES string of the molecule is CC(=O)O[C@@H](C)C(=O)N1CC=C(c2c(F)cc([N+]3(CN(C(=O)OC(C)(C)C)c4ccon4)CCOC3=O)cc2F)CC1. The molecule has 1 aromatic carbocycles. The number of amides is 3. The lowest BCUT2D eigenvalue weighted by Gasteiger charge is -2.33. The van der Waals surface area contributed by atoms with Crippen LogP contribution >= 0.6 is 0 Å². The Kier molecular flexibility index (Phi) is 8.66. The summed E-state index contributed by atoms with van der Waals surface area (Å²) in [5, 5.41) is 3.79. The van der Waals surface area contributed by atoms with Crippen molar-refractivity contribution in [2.75, 3.05) is 37.8 Å². The van der Waals surface area contributed by atoms with E-state index in [1.807, 2.05) is 0 Å². The number of carbonyl (C=O) groups is 4. The van der Waals surface area contributed by atoms with Crippen LogP contribution in [0.1, 0.15) is 46.6 Å². The Hall–Kier alpha value is -4.33. The molecule has 3 amide bonds. The minimum absolute atomic E-state index is 0.0193. The first-order valence-electron chi connectivity index (χ1n) is 13.3. The Morgan fingerprint density at radius 3 is 2.40 bits per heavy atom. The summed E-state index contributed by atoms with van der Waals surface area (Å²) in [5.74, 6) is -2.82. The van der Waals surface area contributed by atoms with Gasteiger partial charge in [0.1, 0.15) is 36.7 Å². The topological polar surface area (TPSA) is 128 Å². The molecule has 42 heavy (non-hydrogen) atoms. The normalized spacial score (nSPS) is 19.5. The van der Waals surface area contributed by atoms with Gasteiger partial charge in [0.05, 0.1) is 0 Å². The molecule has 0 N–H and O–H groups in total. The number of anilines is 1. The molecule has 1 aromatic heterocycles. The lowest BCUT2D eigenvalue weighted by Crippen LogP contribution is -2.58. The van der Waals surface area contributed by atoms with E-state index < -0.39 is 58.6 Å². The van der Waals surface area contributed by atoms with E-state index in [2.05, 4.69) is 5.16 Å². The van der Waals surface area contributed by atoms with Gasteiger partial charge in [-0.2, -0.15) is 9.28 Å². The fraction of sp³-hybridized carbons (Fsp3) is 0.464. The highest BCUT2D eigenvalue weighted by Gasteiger charge is 2.50. The van der Waals surface area contributed by atoms with Crippen molar-refractivity contribution in [1.82, 2.24) is 14.5 Å². The molecule has 0 radical (unpaired) electrons. The fourth-order valence-electron chi connectivity index (χ4n) is 4.84. The van der Waals surface area contributed by atoms with E-state index in [9.17, 15) is 19.2 Å². The van der Waals surface area contributed by atoms with Gasteiger partial charge in [0.25, 0.3) is 5.91 Å². The van der Waals surface area contributed by atoms with Crippen LogP contribution in [0.25, 0.3) is 5.57 Å². The predicted molar refractivity (Wildman–Crippen MR) is 145 cm³/mol. The quantitative estimate of drug-likeness (QED) is 0.262. The van der Waals surface area contributed by atoms with Crippen LogP contribution in [0.3, 0.4) is 0 Å². The molecule has 226 valence electrons. The molecule has 0 spiro atoms. The Morgan fingerprint density at radius 2 is 1.90 bits per heavy atom. The van der Waals surface area contributed by atoms with Gasteiger partial charge in [-0.3, -0.25) is 9.59 Å². The summed E-state index contributed by atoms with van der Waals surface area (Å²) < 4.78 is 51.1. The zero-order valence-electron chi connectivity index (χ0n) is 24.0. The second kappa shape index (κ2) is 11.9. The Bertz CT molecular complexity index is 1380. The maximum atomic E-state index is 15.7. The number of cyclic esters (lactones) is 1. The van der Waals surface area contributed by atoms with Gasteiger partial charge in [-0.05, 0) is 39.7 Å². The molecule has 0 aliphatic carbocycles. The van der Waals surface area contributed by atoms with Crippen molar-refractivity contribution < 1.29 is 46.7 Å². The summed E-state index contributed by atoms with van der Waals surface area (Å²) in [6.07, 6.45) is 0.269. The maximum absolute atomic E-state index is 15.7. The fourth-order valence-corrected chi connectivity index (χ4v) is 4.84. The minimum Gasteiger partial charge on any atom is -0.453 e. The van der Waals surface area contributed by atoms with Gasteiger partial charge >= 0.3 is 18.2 Å². The summed E-state index contributed by atoms with van der Waals surface area (Å²) in [4.78, 5) is 52.5. The number of ether oxygens (including phenoxy) is 3. The smallest absolute Gasteiger partial charge is 0.453 e. The number of esters is 1. The monoisotopic (exact) mass is 591 g/mol. The Morgan fingerprint density at radius 1 is 1.21 bits per heavy atom. The van der Waals surface area contributed by atoms with E-state index in [1.165, 1.54) is 37.2 Å². The van der Waals surface area contributed by atoms with Crippen LogP contribution in [-0.4, -0.2) is 78.7 Å². The Labute approximate surface area is 240 Å². The van der Waals surface area contributed by atoms with E-state index in [-0.39, 0.29) is 49.7 Å². The highest BCUT2D eigenvalue weighted by molar-refractivity contribution is 5.91. The summed E-state index contributed by atoms with van der Waals surface area (Å²) in [7, 11) is 0. The van der Waals surface area contributed by atoms with E-state index >= 15 is 8.78 Å². The van der Waals surface area contributed by atoms with Crippen molar-refractivity contribution in [3.63, 3.8) is 0 Å². The first kappa shape index (κ1) is 30.6. The lowest BCUT2D eigenvalue weighted by atomic mass is 9.97. The number of halogens is 2. The second-order valence-electron chi connectivity index (χ2n) is 11.0.